The molecule has 0 N–H and O–H groups in total. The Morgan fingerprint density at radius 1 is 1.11 bits per heavy atom. The van der Waals surface area contributed by atoms with E-state index in [1.807, 2.05) is 42.9 Å². The number of ether oxygens (including phenoxy) is 2. The molecule has 3 aromatic rings. The third kappa shape index (κ3) is 4.34. The van der Waals surface area contributed by atoms with Crippen molar-refractivity contribution >= 4 is 17.7 Å². The van der Waals surface area contributed by atoms with Gasteiger partial charge in [0.2, 0.25) is 0 Å². The van der Waals surface area contributed by atoms with Crippen LogP contribution in [0.1, 0.15) is 34.1 Å². The van der Waals surface area contributed by atoms with Crippen molar-refractivity contribution in [1.82, 2.24) is 9.55 Å². The van der Waals surface area contributed by atoms with E-state index in [9.17, 15) is 4.79 Å². The molecular formula is C21H22N2O3S. The maximum Gasteiger partial charge on any atom is 0.337 e. The van der Waals surface area contributed by atoms with E-state index in [1.165, 1.54) is 7.11 Å². The highest BCUT2D eigenvalue weighted by molar-refractivity contribution is 7.99. The third-order valence-corrected chi connectivity index (χ3v) is 5.85. The number of hydrogen-bond donors (Lipinski definition) is 0. The quantitative estimate of drug-likeness (QED) is 0.435. The van der Waals surface area contributed by atoms with Crippen LogP contribution >= 0.6 is 11.8 Å². The number of aromatic nitrogens is 2. The normalized spacial score (nSPS) is 13.0. The Labute approximate surface area is 163 Å². The van der Waals surface area contributed by atoms with Gasteiger partial charge in [-0.2, -0.15) is 0 Å². The Hall–Kier alpha value is -2.73. The van der Waals surface area contributed by atoms with Crippen molar-refractivity contribution in [3.8, 4) is 5.75 Å². The zero-order chi connectivity index (χ0) is 19.2. The van der Waals surface area contributed by atoms with E-state index >= 15 is 0 Å². The first-order chi connectivity index (χ1) is 13.1. The summed E-state index contributed by atoms with van der Waals surface area (Å²) < 4.78 is 12.4. The molecule has 0 aliphatic heterocycles. The van der Waals surface area contributed by atoms with Gasteiger partial charge in [-0.3, -0.25) is 0 Å². The number of para-hydroxylation sites is 1. The minimum atomic E-state index is -0.333. The first-order valence-corrected chi connectivity index (χ1v) is 9.47. The highest BCUT2D eigenvalue weighted by atomic mass is 32.2. The number of imidazole rings is 1. The summed E-state index contributed by atoms with van der Waals surface area (Å²) in [6.07, 6.45) is 5.57. The van der Waals surface area contributed by atoms with E-state index < -0.39 is 0 Å². The zero-order valence-corrected chi connectivity index (χ0v) is 16.3. The summed E-state index contributed by atoms with van der Waals surface area (Å²) in [5.74, 6) is 0.706. The lowest BCUT2D eigenvalue weighted by molar-refractivity contribution is 0.0600. The average molecular weight is 382 g/mol. The second-order valence-corrected chi connectivity index (χ2v) is 7.25. The summed E-state index contributed by atoms with van der Waals surface area (Å²) >= 11 is 1.71. The molecule has 0 fully saturated rings. The zero-order valence-electron chi connectivity index (χ0n) is 15.5. The molecule has 0 radical (unpaired) electrons. The molecule has 2 aromatic carbocycles. The molecule has 0 aliphatic rings. The predicted molar refractivity (Wildman–Crippen MR) is 106 cm³/mol. The number of hydrogen-bond acceptors (Lipinski definition) is 5. The van der Waals surface area contributed by atoms with Crippen LogP contribution in [-0.2, 0) is 4.74 Å². The number of carbonyl (C=O) groups excluding carboxylic acids is 1. The summed E-state index contributed by atoms with van der Waals surface area (Å²) in [6, 6.07) is 15.5. The lowest BCUT2D eigenvalue weighted by Crippen LogP contribution is -2.12. The van der Waals surface area contributed by atoms with E-state index in [4.69, 9.17) is 9.47 Å². The topological polar surface area (TPSA) is 53.4 Å². The first-order valence-electron chi connectivity index (χ1n) is 8.59. The summed E-state index contributed by atoms with van der Waals surface area (Å²) in [7, 11) is 3.07. The van der Waals surface area contributed by atoms with Gasteiger partial charge in [0, 0.05) is 23.2 Å². The lowest BCUT2D eigenvalue weighted by Gasteiger charge is -2.26. The minimum absolute atomic E-state index is 0.0766. The Bertz CT molecular complexity index is 879. The number of thioether (sulfide) groups is 1. The maximum absolute atomic E-state index is 11.6. The number of methoxy groups -OCH3 is 2. The maximum atomic E-state index is 11.6. The van der Waals surface area contributed by atoms with E-state index in [1.54, 1.807) is 37.2 Å². The van der Waals surface area contributed by atoms with Crippen molar-refractivity contribution in [2.75, 3.05) is 14.2 Å². The second kappa shape index (κ2) is 8.77. The van der Waals surface area contributed by atoms with Gasteiger partial charge >= 0.3 is 5.97 Å². The Morgan fingerprint density at radius 3 is 2.48 bits per heavy atom. The molecule has 1 aromatic heterocycles. The van der Waals surface area contributed by atoms with E-state index in [0.717, 1.165) is 16.2 Å². The van der Waals surface area contributed by atoms with Crippen molar-refractivity contribution < 1.29 is 14.3 Å². The third-order valence-electron chi connectivity index (χ3n) is 4.41. The van der Waals surface area contributed by atoms with E-state index in [2.05, 4.69) is 22.5 Å². The number of carbonyl (C=O) groups is 1. The molecule has 27 heavy (non-hydrogen) atoms. The minimum Gasteiger partial charge on any atom is -0.496 e. The monoisotopic (exact) mass is 382 g/mol. The van der Waals surface area contributed by atoms with E-state index in [0.29, 0.717) is 5.56 Å². The van der Waals surface area contributed by atoms with Crippen LogP contribution in [0.4, 0.5) is 0 Å². The van der Waals surface area contributed by atoms with Gasteiger partial charge in [-0.1, -0.05) is 25.1 Å². The molecule has 0 spiro atoms. The molecule has 2 unspecified atom stereocenters. The molecule has 2 atom stereocenters. The Kier molecular flexibility index (Phi) is 6.19. The van der Waals surface area contributed by atoms with Crippen LogP contribution < -0.4 is 4.74 Å². The SMILES string of the molecule is COC(=O)c1ccc(SC(C(C)c2ccccc2OC)n2ccnc2)cc1. The van der Waals surface area contributed by atoms with Gasteiger partial charge in [0.05, 0.1) is 31.5 Å². The largest absolute Gasteiger partial charge is 0.496 e. The van der Waals surface area contributed by atoms with Crippen LogP contribution in [0.15, 0.2) is 72.1 Å². The summed E-state index contributed by atoms with van der Waals surface area (Å²) in [6.45, 7) is 2.18. The van der Waals surface area contributed by atoms with Gasteiger partial charge in [0.25, 0.3) is 0 Å². The highest BCUT2D eigenvalue weighted by Crippen LogP contribution is 2.43. The van der Waals surface area contributed by atoms with Crippen LogP contribution in [0.3, 0.4) is 0 Å². The summed E-state index contributed by atoms with van der Waals surface area (Å²) in [4.78, 5) is 16.9. The number of nitrogens with zero attached hydrogens (tertiary/aromatic N) is 2. The number of rotatable bonds is 7. The molecule has 0 bridgehead atoms. The molecule has 0 saturated heterocycles. The van der Waals surface area contributed by atoms with Crippen molar-refractivity contribution in [1.29, 1.82) is 0 Å². The van der Waals surface area contributed by atoms with Crippen LogP contribution in [0.2, 0.25) is 0 Å². The molecule has 1 heterocycles. The molecular weight excluding hydrogens is 360 g/mol. The summed E-state index contributed by atoms with van der Waals surface area (Å²) in [5.41, 5.74) is 1.68. The predicted octanol–water partition coefficient (Wildman–Crippen LogP) is 4.77. The van der Waals surface area contributed by atoms with Crippen LogP contribution in [0.5, 0.6) is 5.75 Å². The van der Waals surface area contributed by atoms with Crippen LogP contribution in [0, 0.1) is 0 Å². The Balaban J connectivity index is 1.89. The fraction of sp³-hybridized carbons (Fsp3) is 0.238. The van der Waals surface area contributed by atoms with Gasteiger partial charge in [-0.25, -0.2) is 9.78 Å². The smallest absolute Gasteiger partial charge is 0.337 e. The molecule has 3 rings (SSSR count). The van der Waals surface area contributed by atoms with Crippen molar-refractivity contribution in [3.63, 3.8) is 0 Å². The van der Waals surface area contributed by atoms with Crippen LogP contribution in [-0.4, -0.2) is 29.7 Å². The van der Waals surface area contributed by atoms with Crippen LogP contribution in [0.25, 0.3) is 0 Å². The van der Waals surface area contributed by atoms with Gasteiger partial charge in [-0.15, -0.1) is 11.8 Å². The summed E-state index contributed by atoms with van der Waals surface area (Å²) in [5, 5.41) is 0.0766. The van der Waals surface area contributed by atoms with Gasteiger partial charge in [-0.05, 0) is 35.9 Å². The van der Waals surface area contributed by atoms with Crippen molar-refractivity contribution in [2.45, 2.75) is 23.1 Å². The average Bonchev–Trinajstić information content (AvgIpc) is 3.26. The first kappa shape index (κ1) is 19.0. The second-order valence-electron chi connectivity index (χ2n) is 6.06. The Morgan fingerprint density at radius 2 is 1.85 bits per heavy atom. The molecule has 0 saturated carbocycles. The van der Waals surface area contributed by atoms with Gasteiger partial charge in [0.1, 0.15) is 5.75 Å². The fourth-order valence-corrected chi connectivity index (χ4v) is 4.13. The molecule has 5 nitrogen and oxygen atoms in total. The van der Waals surface area contributed by atoms with Gasteiger partial charge in [0.15, 0.2) is 0 Å². The molecule has 140 valence electrons. The van der Waals surface area contributed by atoms with Crippen molar-refractivity contribution in [3.05, 3.63) is 78.4 Å². The highest BCUT2D eigenvalue weighted by Gasteiger charge is 2.24. The molecule has 0 amide bonds. The number of benzene rings is 2. The fourth-order valence-electron chi connectivity index (χ4n) is 2.96. The lowest BCUT2D eigenvalue weighted by atomic mass is 9.99. The number of esters is 1. The molecule has 6 heteroatoms. The van der Waals surface area contributed by atoms with Crippen molar-refractivity contribution in [2.24, 2.45) is 0 Å². The van der Waals surface area contributed by atoms with E-state index in [-0.39, 0.29) is 17.3 Å². The standard InChI is InChI=1S/C21H22N2O3S/c1-15(18-6-4-5-7-19(18)25-2)20(23-13-12-22-14-23)27-17-10-8-16(9-11-17)21(24)26-3/h4-15,20H,1-3H3. The molecule has 0 aliphatic carbocycles. The van der Waals surface area contributed by atoms with Gasteiger partial charge < -0.3 is 14.0 Å².